The summed E-state index contributed by atoms with van der Waals surface area (Å²) in [6.07, 6.45) is 2.87. The molecule has 0 spiro atoms. The fourth-order valence-corrected chi connectivity index (χ4v) is 2.01. The van der Waals surface area contributed by atoms with Gasteiger partial charge in [-0.1, -0.05) is 13.0 Å². The number of nitrogens with one attached hydrogen (secondary N) is 1. The summed E-state index contributed by atoms with van der Waals surface area (Å²) in [5.41, 5.74) is 0. The van der Waals surface area contributed by atoms with Crippen LogP contribution in [-0.2, 0) is 4.79 Å². The van der Waals surface area contributed by atoms with Crippen molar-refractivity contribution in [3.63, 3.8) is 0 Å². The number of carbonyl (C=O) groups is 1. The van der Waals surface area contributed by atoms with Gasteiger partial charge in [0.1, 0.15) is 0 Å². The molecule has 1 N–H and O–H groups in total. The van der Waals surface area contributed by atoms with Crippen LogP contribution in [0.2, 0.25) is 0 Å². The van der Waals surface area contributed by atoms with Gasteiger partial charge in [-0.25, -0.2) is 0 Å². The van der Waals surface area contributed by atoms with Gasteiger partial charge in [-0.2, -0.15) is 0 Å². The first kappa shape index (κ1) is 13.2. The molecule has 0 aromatic rings. The Labute approximate surface area is 98.3 Å². The normalized spacial score (nSPS) is 22.1. The first-order valence-electron chi connectivity index (χ1n) is 5.98. The van der Waals surface area contributed by atoms with Crippen molar-refractivity contribution in [3.8, 4) is 0 Å². The van der Waals surface area contributed by atoms with Gasteiger partial charge in [0, 0.05) is 32.2 Å². The molecule has 1 saturated heterocycles. The van der Waals surface area contributed by atoms with Crippen LogP contribution in [0.4, 0.5) is 0 Å². The van der Waals surface area contributed by atoms with Gasteiger partial charge in [-0.3, -0.25) is 9.69 Å². The smallest absolute Gasteiger partial charge is 0.236 e. The molecule has 4 nitrogen and oxygen atoms in total. The summed E-state index contributed by atoms with van der Waals surface area (Å²) in [4.78, 5) is 16.1. The highest BCUT2D eigenvalue weighted by atomic mass is 16.2. The lowest BCUT2D eigenvalue weighted by Gasteiger charge is -2.39. The molecule has 1 unspecified atom stereocenters. The van der Waals surface area contributed by atoms with Crippen molar-refractivity contribution in [1.29, 1.82) is 0 Å². The van der Waals surface area contributed by atoms with Crippen molar-refractivity contribution in [3.05, 3.63) is 12.7 Å². The first-order chi connectivity index (χ1) is 7.69. The first-order valence-corrected chi connectivity index (χ1v) is 5.98. The lowest BCUT2D eigenvalue weighted by Crippen LogP contribution is -2.54. The Kier molecular flexibility index (Phi) is 5.49. The third-order valence-electron chi connectivity index (χ3n) is 3.17. The van der Waals surface area contributed by atoms with Gasteiger partial charge in [0.05, 0.1) is 6.54 Å². The zero-order valence-electron chi connectivity index (χ0n) is 10.4. The van der Waals surface area contributed by atoms with Crippen molar-refractivity contribution >= 4 is 5.91 Å². The number of rotatable bonds is 5. The summed E-state index contributed by atoms with van der Waals surface area (Å²) in [5.74, 6) is 0.202. The molecule has 1 rings (SSSR count). The Bertz CT molecular complexity index is 242. The number of nitrogens with zero attached hydrogens (tertiary/aromatic N) is 2. The highest BCUT2D eigenvalue weighted by Gasteiger charge is 2.25. The topological polar surface area (TPSA) is 35.6 Å². The van der Waals surface area contributed by atoms with Crippen molar-refractivity contribution in [2.75, 3.05) is 39.8 Å². The van der Waals surface area contributed by atoms with Gasteiger partial charge in [0.25, 0.3) is 0 Å². The van der Waals surface area contributed by atoms with E-state index in [1.165, 1.54) is 0 Å². The van der Waals surface area contributed by atoms with Crippen LogP contribution < -0.4 is 5.32 Å². The maximum atomic E-state index is 11.9. The molecule has 0 radical (unpaired) electrons. The molecule has 0 bridgehead atoms. The summed E-state index contributed by atoms with van der Waals surface area (Å²) >= 11 is 0. The molecule has 92 valence electrons. The Hall–Kier alpha value is -0.870. The summed E-state index contributed by atoms with van der Waals surface area (Å²) in [7, 11) is 2.13. The second kappa shape index (κ2) is 6.66. The van der Waals surface area contributed by atoms with Crippen LogP contribution >= 0.6 is 0 Å². The maximum absolute atomic E-state index is 11.9. The number of hydrogen-bond donors (Lipinski definition) is 1. The predicted molar refractivity (Wildman–Crippen MR) is 66.4 cm³/mol. The maximum Gasteiger partial charge on any atom is 0.236 e. The van der Waals surface area contributed by atoms with E-state index in [1.807, 2.05) is 4.90 Å². The molecule has 1 aliphatic rings. The van der Waals surface area contributed by atoms with Crippen LogP contribution in [0.1, 0.15) is 13.3 Å². The molecule has 1 atom stereocenters. The number of hydrogen-bond acceptors (Lipinski definition) is 3. The SMILES string of the molecule is C=CCNCC(=O)N1CCN(C)C(CC)C1. The third kappa shape index (κ3) is 3.61. The van der Waals surface area contributed by atoms with Crippen LogP contribution in [0, 0.1) is 0 Å². The molecule has 1 fully saturated rings. The minimum Gasteiger partial charge on any atom is -0.339 e. The van der Waals surface area contributed by atoms with Gasteiger partial charge < -0.3 is 10.2 Å². The Morgan fingerprint density at radius 1 is 1.56 bits per heavy atom. The molecule has 16 heavy (non-hydrogen) atoms. The Balaban J connectivity index is 2.36. The predicted octanol–water partition coefficient (Wildman–Crippen LogP) is 0.315. The fraction of sp³-hybridized carbons (Fsp3) is 0.750. The molecule has 4 heteroatoms. The molecule has 0 aromatic heterocycles. The fourth-order valence-electron chi connectivity index (χ4n) is 2.01. The number of piperazine rings is 1. The van der Waals surface area contributed by atoms with E-state index in [2.05, 4.69) is 30.8 Å². The van der Waals surface area contributed by atoms with Gasteiger partial charge in [0.15, 0.2) is 0 Å². The van der Waals surface area contributed by atoms with E-state index >= 15 is 0 Å². The standard InChI is InChI=1S/C12H23N3O/c1-4-6-13-9-12(16)15-8-7-14(3)11(5-2)10-15/h4,11,13H,1,5-10H2,2-3H3. The van der Waals surface area contributed by atoms with Gasteiger partial charge in [-0.15, -0.1) is 6.58 Å². The highest BCUT2D eigenvalue weighted by molar-refractivity contribution is 5.78. The number of carbonyl (C=O) groups excluding carboxylic acids is 1. The molecule has 1 amide bonds. The zero-order valence-corrected chi connectivity index (χ0v) is 10.4. The number of amides is 1. The van der Waals surface area contributed by atoms with E-state index in [4.69, 9.17) is 0 Å². The average molecular weight is 225 g/mol. The van der Waals surface area contributed by atoms with E-state index < -0.39 is 0 Å². The van der Waals surface area contributed by atoms with E-state index in [0.29, 0.717) is 19.1 Å². The average Bonchev–Trinajstić information content (AvgIpc) is 2.30. The van der Waals surface area contributed by atoms with Crippen molar-refractivity contribution in [2.24, 2.45) is 0 Å². The largest absolute Gasteiger partial charge is 0.339 e. The zero-order chi connectivity index (χ0) is 12.0. The molecule has 1 heterocycles. The molecule has 0 aromatic carbocycles. The van der Waals surface area contributed by atoms with Crippen LogP contribution in [0.25, 0.3) is 0 Å². The molecule has 0 saturated carbocycles. The second-order valence-corrected chi connectivity index (χ2v) is 4.30. The quantitative estimate of drug-likeness (QED) is 0.540. The van der Waals surface area contributed by atoms with Crippen LogP contribution in [0.5, 0.6) is 0 Å². The lowest BCUT2D eigenvalue weighted by atomic mass is 10.1. The second-order valence-electron chi connectivity index (χ2n) is 4.30. The van der Waals surface area contributed by atoms with Crippen molar-refractivity contribution in [1.82, 2.24) is 15.1 Å². The van der Waals surface area contributed by atoms with Crippen LogP contribution in [-0.4, -0.2) is 61.5 Å². The van der Waals surface area contributed by atoms with Gasteiger partial charge in [-0.05, 0) is 13.5 Å². The minimum absolute atomic E-state index is 0.202. The van der Waals surface area contributed by atoms with E-state index in [-0.39, 0.29) is 5.91 Å². The third-order valence-corrected chi connectivity index (χ3v) is 3.17. The molecule has 1 aliphatic heterocycles. The van der Waals surface area contributed by atoms with E-state index in [9.17, 15) is 4.79 Å². The summed E-state index contributed by atoms with van der Waals surface area (Å²) in [5, 5.41) is 3.05. The Morgan fingerprint density at radius 3 is 2.94 bits per heavy atom. The van der Waals surface area contributed by atoms with Gasteiger partial charge >= 0.3 is 0 Å². The van der Waals surface area contributed by atoms with Crippen molar-refractivity contribution in [2.45, 2.75) is 19.4 Å². The summed E-state index contributed by atoms with van der Waals surface area (Å²) in [6, 6.07) is 0.511. The van der Waals surface area contributed by atoms with Gasteiger partial charge in [0.2, 0.25) is 5.91 Å². The van der Waals surface area contributed by atoms with Crippen molar-refractivity contribution < 1.29 is 4.79 Å². The Morgan fingerprint density at radius 2 is 2.31 bits per heavy atom. The van der Waals surface area contributed by atoms with E-state index in [0.717, 1.165) is 26.1 Å². The van der Waals surface area contributed by atoms with Crippen LogP contribution in [0.3, 0.4) is 0 Å². The summed E-state index contributed by atoms with van der Waals surface area (Å²) < 4.78 is 0. The highest BCUT2D eigenvalue weighted by Crippen LogP contribution is 2.10. The minimum atomic E-state index is 0.202. The number of likely N-dealkylation sites (N-methyl/N-ethyl adjacent to an activating group) is 1. The lowest BCUT2D eigenvalue weighted by molar-refractivity contribution is -0.132. The summed E-state index contributed by atoms with van der Waals surface area (Å²) in [6.45, 7) is 9.59. The monoisotopic (exact) mass is 225 g/mol. The van der Waals surface area contributed by atoms with E-state index in [1.54, 1.807) is 6.08 Å². The van der Waals surface area contributed by atoms with Crippen LogP contribution in [0.15, 0.2) is 12.7 Å². The molecule has 0 aliphatic carbocycles. The molecular weight excluding hydrogens is 202 g/mol. The molecular formula is C12H23N3O.